The summed E-state index contributed by atoms with van der Waals surface area (Å²) in [6.45, 7) is 4.05. The van der Waals surface area contributed by atoms with Crippen LogP contribution in [0, 0.1) is 36.5 Å². The molecule has 0 atom stereocenters. The van der Waals surface area contributed by atoms with Crippen LogP contribution in [-0.4, -0.2) is 0 Å². The zero-order chi connectivity index (χ0) is 16.4. The van der Waals surface area contributed by atoms with Crippen molar-refractivity contribution in [1.82, 2.24) is 0 Å². The number of rotatable bonds is 2. The predicted molar refractivity (Wildman–Crippen MR) is 88.5 cm³/mol. The normalized spacial score (nSPS) is 10.1. The molecule has 0 spiro atoms. The van der Waals surface area contributed by atoms with E-state index in [4.69, 9.17) is 14.9 Å². The molecule has 0 bridgehead atoms. The molecule has 3 aromatic rings. The number of hydrogen-bond acceptors (Lipinski definition) is 3. The van der Waals surface area contributed by atoms with E-state index in [0.29, 0.717) is 11.1 Å². The Bertz CT molecular complexity index is 856. The van der Waals surface area contributed by atoms with Crippen molar-refractivity contribution >= 4 is 0 Å². The van der Waals surface area contributed by atoms with Crippen LogP contribution in [0.3, 0.4) is 0 Å². The molecule has 1 aromatic heterocycles. The third-order valence-corrected chi connectivity index (χ3v) is 4.00. The Morgan fingerprint density at radius 2 is 1.00 bits per heavy atom. The van der Waals surface area contributed by atoms with Gasteiger partial charge in [-0.05, 0) is 73.5 Å². The van der Waals surface area contributed by atoms with Crippen LogP contribution in [0.25, 0.3) is 22.6 Å². The molecular weight excluding hydrogens is 284 g/mol. The smallest absolute Gasteiger partial charge is 0.137 e. The van der Waals surface area contributed by atoms with Crippen LogP contribution in [0.1, 0.15) is 22.3 Å². The molecule has 0 aliphatic heterocycles. The topological polar surface area (TPSA) is 60.7 Å². The van der Waals surface area contributed by atoms with E-state index in [9.17, 15) is 0 Å². The molecule has 0 N–H and O–H groups in total. The number of benzene rings is 2. The SMILES string of the molecule is Cc1c(-c2ccc(C#N)cc2)oc(-c2ccc(C#N)cc2)c1C. The van der Waals surface area contributed by atoms with Crippen molar-refractivity contribution in [2.45, 2.75) is 13.8 Å². The summed E-state index contributed by atoms with van der Waals surface area (Å²) in [6, 6.07) is 19.0. The first-order valence-electron chi connectivity index (χ1n) is 7.25. The first-order chi connectivity index (χ1) is 11.1. The molecule has 3 heteroatoms. The summed E-state index contributed by atoms with van der Waals surface area (Å²) in [5, 5.41) is 17.8. The van der Waals surface area contributed by atoms with Crippen LogP contribution >= 0.6 is 0 Å². The lowest BCUT2D eigenvalue weighted by atomic mass is 10.0. The van der Waals surface area contributed by atoms with Gasteiger partial charge in [0.1, 0.15) is 11.5 Å². The van der Waals surface area contributed by atoms with E-state index < -0.39 is 0 Å². The highest BCUT2D eigenvalue weighted by atomic mass is 16.3. The molecule has 0 aliphatic carbocycles. The summed E-state index contributed by atoms with van der Waals surface area (Å²) < 4.78 is 6.10. The number of furan rings is 1. The Morgan fingerprint density at radius 3 is 1.30 bits per heavy atom. The lowest BCUT2D eigenvalue weighted by Crippen LogP contribution is -1.81. The van der Waals surface area contributed by atoms with Crippen LogP contribution in [0.5, 0.6) is 0 Å². The van der Waals surface area contributed by atoms with Crippen LogP contribution in [-0.2, 0) is 0 Å². The zero-order valence-electron chi connectivity index (χ0n) is 12.9. The number of hydrogen-bond donors (Lipinski definition) is 0. The Kier molecular flexibility index (Phi) is 3.71. The molecule has 3 nitrogen and oxygen atoms in total. The molecule has 0 amide bonds. The van der Waals surface area contributed by atoms with Crippen molar-refractivity contribution in [2.24, 2.45) is 0 Å². The largest absolute Gasteiger partial charge is 0.456 e. The molecule has 0 saturated carbocycles. The van der Waals surface area contributed by atoms with Gasteiger partial charge >= 0.3 is 0 Å². The maximum absolute atomic E-state index is 8.90. The Hall–Kier alpha value is -3.30. The summed E-state index contributed by atoms with van der Waals surface area (Å²) in [4.78, 5) is 0. The van der Waals surface area contributed by atoms with Crippen molar-refractivity contribution in [3.63, 3.8) is 0 Å². The van der Waals surface area contributed by atoms with E-state index in [-0.39, 0.29) is 0 Å². The lowest BCUT2D eigenvalue weighted by Gasteiger charge is -2.00. The highest BCUT2D eigenvalue weighted by Crippen LogP contribution is 2.36. The minimum Gasteiger partial charge on any atom is -0.456 e. The predicted octanol–water partition coefficient (Wildman–Crippen LogP) is 4.97. The van der Waals surface area contributed by atoms with Gasteiger partial charge in [-0.2, -0.15) is 10.5 Å². The van der Waals surface area contributed by atoms with Crippen molar-refractivity contribution < 1.29 is 4.42 Å². The van der Waals surface area contributed by atoms with Gasteiger partial charge in [0.05, 0.1) is 23.3 Å². The second-order valence-corrected chi connectivity index (χ2v) is 5.39. The zero-order valence-corrected chi connectivity index (χ0v) is 12.9. The third-order valence-electron chi connectivity index (χ3n) is 4.00. The molecule has 23 heavy (non-hydrogen) atoms. The van der Waals surface area contributed by atoms with Gasteiger partial charge in [0.15, 0.2) is 0 Å². The van der Waals surface area contributed by atoms with Gasteiger partial charge in [-0.15, -0.1) is 0 Å². The summed E-state index contributed by atoms with van der Waals surface area (Å²) >= 11 is 0. The monoisotopic (exact) mass is 298 g/mol. The van der Waals surface area contributed by atoms with Gasteiger partial charge in [0, 0.05) is 11.1 Å². The maximum atomic E-state index is 8.90. The van der Waals surface area contributed by atoms with Gasteiger partial charge < -0.3 is 4.42 Å². The first kappa shape index (κ1) is 14.6. The molecule has 0 radical (unpaired) electrons. The van der Waals surface area contributed by atoms with Gasteiger partial charge in [-0.1, -0.05) is 0 Å². The van der Waals surface area contributed by atoms with E-state index in [1.807, 2.05) is 38.1 Å². The van der Waals surface area contributed by atoms with E-state index in [1.165, 1.54) is 0 Å². The Morgan fingerprint density at radius 1 is 0.652 bits per heavy atom. The van der Waals surface area contributed by atoms with Crippen molar-refractivity contribution in [3.8, 4) is 34.8 Å². The summed E-state index contributed by atoms with van der Waals surface area (Å²) in [5.74, 6) is 1.62. The molecule has 1 heterocycles. The van der Waals surface area contributed by atoms with Crippen molar-refractivity contribution in [1.29, 1.82) is 10.5 Å². The number of nitriles is 2. The maximum Gasteiger partial charge on any atom is 0.137 e. The van der Waals surface area contributed by atoms with Gasteiger partial charge in [0.2, 0.25) is 0 Å². The number of nitrogens with zero attached hydrogens (tertiary/aromatic N) is 2. The Labute approximate surface area is 135 Å². The molecule has 0 unspecified atom stereocenters. The minimum atomic E-state index is 0.627. The molecule has 0 aliphatic rings. The highest BCUT2D eigenvalue weighted by molar-refractivity contribution is 5.72. The lowest BCUT2D eigenvalue weighted by molar-refractivity contribution is 0.594. The van der Waals surface area contributed by atoms with E-state index in [1.54, 1.807) is 24.3 Å². The Balaban J connectivity index is 2.07. The minimum absolute atomic E-state index is 0.627. The summed E-state index contributed by atoms with van der Waals surface area (Å²) in [5.41, 5.74) is 5.31. The highest BCUT2D eigenvalue weighted by Gasteiger charge is 2.16. The van der Waals surface area contributed by atoms with E-state index in [0.717, 1.165) is 33.8 Å². The fourth-order valence-electron chi connectivity index (χ4n) is 2.54. The summed E-state index contributed by atoms with van der Waals surface area (Å²) in [6.07, 6.45) is 0. The second kappa shape index (κ2) is 5.83. The van der Waals surface area contributed by atoms with Crippen molar-refractivity contribution in [2.75, 3.05) is 0 Å². The molecule has 0 saturated heterocycles. The van der Waals surface area contributed by atoms with Crippen LogP contribution < -0.4 is 0 Å². The summed E-state index contributed by atoms with van der Waals surface area (Å²) in [7, 11) is 0. The average molecular weight is 298 g/mol. The van der Waals surface area contributed by atoms with E-state index >= 15 is 0 Å². The van der Waals surface area contributed by atoms with Gasteiger partial charge in [-0.25, -0.2) is 0 Å². The molecule has 0 fully saturated rings. The molecule has 3 rings (SSSR count). The second-order valence-electron chi connectivity index (χ2n) is 5.39. The van der Waals surface area contributed by atoms with Crippen molar-refractivity contribution in [3.05, 3.63) is 70.8 Å². The third kappa shape index (κ3) is 2.61. The van der Waals surface area contributed by atoms with Gasteiger partial charge in [-0.3, -0.25) is 0 Å². The van der Waals surface area contributed by atoms with Gasteiger partial charge in [0.25, 0.3) is 0 Å². The molecule has 110 valence electrons. The molecular formula is C20H14N2O. The average Bonchev–Trinajstić information content (AvgIpc) is 2.91. The first-order valence-corrected chi connectivity index (χ1v) is 7.25. The fraction of sp³-hybridized carbons (Fsp3) is 0.100. The standard InChI is InChI=1S/C20H14N2O/c1-13-14(2)20(18-9-5-16(12-22)6-10-18)23-19(13)17-7-3-15(11-21)4-8-17/h3-10H,1-2H3. The quantitative estimate of drug-likeness (QED) is 0.670. The van der Waals surface area contributed by atoms with Crippen LogP contribution in [0.15, 0.2) is 52.9 Å². The van der Waals surface area contributed by atoms with Crippen LogP contribution in [0.4, 0.5) is 0 Å². The van der Waals surface area contributed by atoms with E-state index in [2.05, 4.69) is 12.1 Å². The van der Waals surface area contributed by atoms with Crippen LogP contribution in [0.2, 0.25) is 0 Å². The fourth-order valence-corrected chi connectivity index (χ4v) is 2.54. The molecule has 2 aromatic carbocycles.